The molecular weight excluding hydrogens is 476 g/mol. The number of hydrogen-bond donors (Lipinski definition) is 1. The van der Waals surface area contributed by atoms with Gasteiger partial charge in [-0.2, -0.15) is 11.8 Å². The summed E-state index contributed by atoms with van der Waals surface area (Å²) in [6.07, 6.45) is 1.20. The van der Waals surface area contributed by atoms with E-state index in [0.29, 0.717) is 17.8 Å². The fourth-order valence-corrected chi connectivity index (χ4v) is 5.17. The first kappa shape index (κ1) is 25.1. The Bertz CT molecular complexity index is 1200. The van der Waals surface area contributed by atoms with Crippen LogP contribution in [-0.2, 0) is 22.3 Å². The number of halogens is 1. The first-order valence-corrected chi connectivity index (χ1v) is 13.8. The van der Waals surface area contributed by atoms with E-state index in [4.69, 9.17) is 11.6 Å². The third kappa shape index (κ3) is 7.81. The average molecular weight is 503 g/mol. The standard InChI is InChI=1S/C25H27ClN2O3S2/c1-19-5-3-8-24(15-19)28(33(2,30)31)17-20-9-11-22(12-10-20)25(29)27-13-14-32-18-21-6-4-7-23(26)16-21/h3-12,15-16H,13-14,17-18H2,1-2H3,(H,27,29). The quantitative estimate of drug-likeness (QED) is 0.383. The number of hydrogen-bond acceptors (Lipinski definition) is 4. The fraction of sp³-hybridized carbons (Fsp3) is 0.240. The van der Waals surface area contributed by atoms with E-state index < -0.39 is 10.0 Å². The molecule has 3 rings (SSSR count). The van der Waals surface area contributed by atoms with Crippen molar-refractivity contribution in [3.8, 4) is 0 Å². The van der Waals surface area contributed by atoms with Gasteiger partial charge in [0.25, 0.3) is 5.91 Å². The highest BCUT2D eigenvalue weighted by atomic mass is 35.5. The van der Waals surface area contributed by atoms with Crippen LogP contribution in [0.5, 0.6) is 0 Å². The van der Waals surface area contributed by atoms with Crippen molar-refractivity contribution in [1.29, 1.82) is 0 Å². The van der Waals surface area contributed by atoms with Gasteiger partial charge in [-0.3, -0.25) is 9.10 Å². The second-order valence-corrected chi connectivity index (χ2v) is 11.2. The maximum absolute atomic E-state index is 12.4. The summed E-state index contributed by atoms with van der Waals surface area (Å²) in [6, 6.07) is 22.2. The highest BCUT2D eigenvalue weighted by Gasteiger charge is 2.18. The monoisotopic (exact) mass is 502 g/mol. The number of carbonyl (C=O) groups excluding carboxylic acids is 1. The second kappa shape index (κ2) is 11.6. The predicted octanol–water partition coefficient (Wildman–Crippen LogP) is 5.28. The molecule has 0 aliphatic heterocycles. The van der Waals surface area contributed by atoms with E-state index in [0.717, 1.165) is 33.2 Å². The smallest absolute Gasteiger partial charge is 0.251 e. The maximum atomic E-state index is 12.4. The van der Waals surface area contributed by atoms with Crippen molar-refractivity contribution < 1.29 is 13.2 Å². The highest BCUT2D eigenvalue weighted by Crippen LogP contribution is 2.22. The van der Waals surface area contributed by atoms with Gasteiger partial charge in [0.15, 0.2) is 0 Å². The van der Waals surface area contributed by atoms with E-state index in [-0.39, 0.29) is 12.5 Å². The first-order valence-electron chi connectivity index (χ1n) is 10.5. The largest absolute Gasteiger partial charge is 0.351 e. The lowest BCUT2D eigenvalue weighted by molar-refractivity contribution is 0.0956. The second-order valence-electron chi connectivity index (χ2n) is 7.74. The van der Waals surface area contributed by atoms with Crippen LogP contribution in [-0.4, -0.2) is 32.9 Å². The summed E-state index contributed by atoms with van der Waals surface area (Å²) in [5, 5.41) is 3.65. The molecule has 0 unspecified atom stereocenters. The normalized spacial score (nSPS) is 11.2. The third-order valence-corrected chi connectivity index (χ3v) is 7.33. The summed E-state index contributed by atoms with van der Waals surface area (Å²) < 4.78 is 26.1. The van der Waals surface area contributed by atoms with Gasteiger partial charge < -0.3 is 5.32 Å². The topological polar surface area (TPSA) is 66.5 Å². The SMILES string of the molecule is Cc1cccc(N(Cc2ccc(C(=O)NCCSCc3cccc(Cl)c3)cc2)S(C)(=O)=O)c1. The van der Waals surface area contributed by atoms with Gasteiger partial charge >= 0.3 is 0 Å². The summed E-state index contributed by atoms with van der Waals surface area (Å²) in [4.78, 5) is 12.4. The molecule has 174 valence electrons. The van der Waals surface area contributed by atoms with Gasteiger partial charge in [-0.05, 0) is 60.0 Å². The molecule has 3 aromatic carbocycles. The Morgan fingerprint density at radius 3 is 2.39 bits per heavy atom. The Morgan fingerprint density at radius 1 is 1.00 bits per heavy atom. The molecule has 1 N–H and O–H groups in total. The number of thioether (sulfide) groups is 1. The van der Waals surface area contributed by atoms with Crippen LogP contribution in [0.25, 0.3) is 0 Å². The van der Waals surface area contributed by atoms with Crippen LogP contribution in [0, 0.1) is 6.92 Å². The van der Waals surface area contributed by atoms with Crippen LogP contribution in [0.2, 0.25) is 5.02 Å². The first-order chi connectivity index (χ1) is 15.7. The lowest BCUT2D eigenvalue weighted by Crippen LogP contribution is -2.29. The van der Waals surface area contributed by atoms with Crippen LogP contribution in [0.1, 0.15) is 27.0 Å². The number of aryl methyl sites for hydroxylation is 1. The van der Waals surface area contributed by atoms with Crippen molar-refractivity contribution in [1.82, 2.24) is 5.32 Å². The molecule has 0 saturated carbocycles. The van der Waals surface area contributed by atoms with Crippen molar-refractivity contribution >= 4 is 45.0 Å². The minimum absolute atomic E-state index is 0.149. The van der Waals surface area contributed by atoms with Crippen molar-refractivity contribution in [2.45, 2.75) is 19.2 Å². The Hall–Kier alpha value is -2.48. The molecule has 0 aromatic heterocycles. The van der Waals surface area contributed by atoms with Crippen LogP contribution in [0.15, 0.2) is 72.8 Å². The van der Waals surface area contributed by atoms with E-state index in [1.54, 1.807) is 42.1 Å². The molecule has 3 aromatic rings. The van der Waals surface area contributed by atoms with Crippen LogP contribution >= 0.6 is 23.4 Å². The van der Waals surface area contributed by atoms with Crippen molar-refractivity contribution in [2.24, 2.45) is 0 Å². The number of rotatable bonds is 10. The molecule has 0 spiro atoms. The molecule has 1 amide bonds. The number of benzene rings is 3. The summed E-state index contributed by atoms with van der Waals surface area (Å²) in [5.74, 6) is 1.47. The molecule has 0 heterocycles. The van der Waals surface area contributed by atoms with Crippen LogP contribution in [0.3, 0.4) is 0 Å². The van der Waals surface area contributed by atoms with Gasteiger partial charge in [0.1, 0.15) is 0 Å². The molecular formula is C25H27ClN2O3S2. The number of nitrogens with one attached hydrogen (secondary N) is 1. The molecule has 0 aliphatic carbocycles. The number of anilines is 1. The zero-order valence-corrected chi connectivity index (χ0v) is 21.0. The van der Waals surface area contributed by atoms with Crippen molar-refractivity contribution in [2.75, 3.05) is 22.9 Å². The zero-order valence-electron chi connectivity index (χ0n) is 18.6. The third-order valence-electron chi connectivity index (χ3n) is 4.92. The number of carbonyl (C=O) groups is 1. The minimum atomic E-state index is -3.46. The van der Waals surface area contributed by atoms with Gasteiger partial charge in [0, 0.05) is 28.6 Å². The van der Waals surface area contributed by atoms with E-state index in [1.807, 2.05) is 49.4 Å². The summed E-state index contributed by atoms with van der Waals surface area (Å²) in [6.45, 7) is 2.68. The Labute approximate surface area is 205 Å². The summed E-state index contributed by atoms with van der Waals surface area (Å²) >= 11 is 7.72. The highest BCUT2D eigenvalue weighted by molar-refractivity contribution is 7.98. The van der Waals surface area contributed by atoms with Crippen LogP contribution in [0.4, 0.5) is 5.69 Å². The fourth-order valence-electron chi connectivity index (χ4n) is 3.27. The molecule has 0 atom stereocenters. The lowest BCUT2D eigenvalue weighted by atomic mass is 10.1. The summed E-state index contributed by atoms with van der Waals surface area (Å²) in [5.41, 5.74) is 4.10. The molecule has 8 heteroatoms. The molecule has 0 aliphatic rings. The molecule has 0 radical (unpaired) electrons. The van der Waals surface area contributed by atoms with Gasteiger partial charge in [0.05, 0.1) is 18.5 Å². The predicted molar refractivity (Wildman–Crippen MR) is 139 cm³/mol. The summed E-state index contributed by atoms with van der Waals surface area (Å²) in [7, 11) is -3.46. The van der Waals surface area contributed by atoms with E-state index in [1.165, 1.54) is 10.6 Å². The van der Waals surface area contributed by atoms with Crippen LogP contribution < -0.4 is 9.62 Å². The molecule has 0 fully saturated rings. The van der Waals surface area contributed by atoms with Gasteiger partial charge in [-0.25, -0.2) is 8.42 Å². The van der Waals surface area contributed by atoms with Gasteiger partial charge in [-0.1, -0.05) is 48.0 Å². The van der Waals surface area contributed by atoms with E-state index in [9.17, 15) is 13.2 Å². The molecule has 0 saturated heterocycles. The average Bonchev–Trinajstić information content (AvgIpc) is 2.77. The number of sulfonamides is 1. The zero-order chi connectivity index (χ0) is 23.8. The molecule has 33 heavy (non-hydrogen) atoms. The number of nitrogens with zero attached hydrogens (tertiary/aromatic N) is 1. The molecule has 0 bridgehead atoms. The van der Waals surface area contributed by atoms with E-state index in [2.05, 4.69) is 5.32 Å². The van der Waals surface area contributed by atoms with Gasteiger partial charge in [0.2, 0.25) is 10.0 Å². The molecule has 5 nitrogen and oxygen atoms in total. The van der Waals surface area contributed by atoms with E-state index >= 15 is 0 Å². The maximum Gasteiger partial charge on any atom is 0.251 e. The lowest BCUT2D eigenvalue weighted by Gasteiger charge is -2.23. The minimum Gasteiger partial charge on any atom is -0.351 e. The van der Waals surface area contributed by atoms with Crippen molar-refractivity contribution in [3.05, 3.63) is 100 Å². The van der Waals surface area contributed by atoms with Crippen molar-refractivity contribution in [3.63, 3.8) is 0 Å². The Balaban J connectivity index is 1.52. The number of amides is 1. The Morgan fingerprint density at radius 2 is 1.73 bits per heavy atom. The Kier molecular flexibility index (Phi) is 8.83. The van der Waals surface area contributed by atoms with Gasteiger partial charge in [-0.15, -0.1) is 0 Å².